The predicted octanol–water partition coefficient (Wildman–Crippen LogP) is 2.73. The summed E-state index contributed by atoms with van der Waals surface area (Å²) in [4.78, 5) is 18.8. The average Bonchev–Trinajstić information content (AvgIpc) is 3.07. The van der Waals surface area contributed by atoms with Crippen LogP contribution in [0.4, 0.5) is 5.82 Å². The standard InChI is InChI=1S/C19H24N6/c1-13-9-19(24-14(2)23-13)25-7-5-16(6-8-25)20-11-15-3-4-17-18(10-15)22-12-21-17/h3-4,9-10,12,16,20H,5-8,11H2,1-2H3,(H,21,22). The molecular formula is C19H24N6. The third-order valence-corrected chi connectivity index (χ3v) is 4.85. The Morgan fingerprint density at radius 3 is 2.80 bits per heavy atom. The zero-order valence-corrected chi connectivity index (χ0v) is 14.8. The molecule has 0 radical (unpaired) electrons. The van der Waals surface area contributed by atoms with Crippen LogP contribution in [0.15, 0.2) is 30.6 Å². The van der Waals surface area contributed by atoms with Gasteiger partial charge < -0.3 is 15.2 Å². The Kier molecular flexibility index (Phi) is 4.36. The second-order valence-corrected chi connectivity index (χ2v) is 6.81. The zero-order chi connectivity index (χ0) is 17.2. The van der Waals surface area contributed by atoms with Crippen molar-refractivity contribution in [3.63, 3.8) is 0 Å². The highest BCUT2D eigenvalue weighted by Gasteiger charge is 2.20. The topological polar surface area (TPSA) is 69.7 Å². The first kappa shape index (κ1) is 16.0. The molecule has 3 aromatic rings. The van der Waals surface area contributed by atoms with Crippen LogP contribution in [-0.2, 0) is 6.54 Å². The summed E-state index contributed by atoms with van der Waals surface area (Å²) < 4.78 is 0. The lowest BCUT2D eigenvalue weighted by Gasteiger charge is -2.33. The fourth-order valence-electron chi connectivity index (χ4n) is 3.53. The third-order valence-electron chi connectivity index (χ3n) is 4.85. The molecule has 6 heteroatoms. The monoisotopic (exact) mass is 336 g/mol. The van der Waals surface area contributed by atoms with E-state index in [9.17, 15) is 0 Å². The second kappa shape index (κ2) is 6.80. The molecule has 1 aliphatic rings. The van der Waals surface area contributed by atoms with Gasteiger partial charge in [0.25, 0.3) is 0 Å². The van der Waals surface area contributed by atoms with E-state index in [0.29, 0.717) is 6.04 Å². The van der Waals surface area contributed by atoms with Crippen molar-refractivity contribution >= 4 is 16.9 Å². The van der Waals surface area contributed by atoms with Gasteiger partial charge in [-0.2, -0.15) is 0 Å². The number of benzene rings is 1. The molecule has 1 aromatic carbocycles. The smallest absolute Gasteiger partial charge is 0.132 e. The van der Waals surface area contributed by atoms with Crippen LogP contribution in [0, 0.1) is 13.8 Å². The van der Waals surface area contributed by atoms with Gasteiger partial charge in [-0.3, -0.25) is 0 Å². The van der Waals surface area contributed by atoms with Crippen molar-refractivity contribution in [2.24, 2.45) is 0 Å². The van der Waals surface area contributed by atoms with E-state index in [2.05, 4.69) is 54.4 Å². The van der Waals surface area contributed by atoms with Crippen LogP contribution >= 0.6 is 0 Å². The Morgan fingerprint density at radius 1 is 1.16 bits per heavy atom. The van der Waals surface area contributed by atoms with Crippen LogP contribution in [0.25, 0.3) is 11.0 Å². The molecule has 25 heavy (non-hydrogen) atoms. The summed E-state index contributed by atoms with van der Waals surface area (Å²) in [5, 5.41) is 3.70. The maximum atomic E-state index is 4.59. The van der Waals surface area contributed by atoms with Gasteiger partial charge in [-0.05, 0) is 44.4 Å². The number of hydrogen-bond acceptors (Lipinski definition) is 5. The van der Waals surface area contributed by atoms with Crippen LogP contribution < -0.4 is 10.2 Å². The van der Waals surface area contributed by atoms with Crippen LogP contribution in [0.2, 0.25) is 0 Å². The number of H-pyrrole nitrogens is 1. The summed E-state index contributed by atoms with van der Waals surface area (Å²) in [5.74, 6) is 1.91. The average molecular weight is 336 g/mol. The minimum atomic E-state index is 0.553. The van der Waals surface area contributed by atoms with Crippen LogP contribution in [0.3, 0.4) is 0 Å². The van der Waals surface area contributed by atoms with Crippen LogP contribution in [0.5, 0.6) is 0 Å². The number of aryl methyl sites for hydroxylation is 2. The summed E-state index contributed by atoms with van der Waals surface area (Å²) >= 11 is 0. The number of nitrogens with one attached hydrogen (secondary N) is 2. The minimum absolute atomic E-state index is 0.553. The van der Waals surface area contributed by atoms with E-state index in [0.717, 1.165) is 60.8 Å². The quantitative estimate of drug-likeness (QED) is 0.767. The molecule has 0 amide bonds. The summed E-state index contributed by atoms with van der Waals surface area (Å²) in [5.41, 5.74) is 4.45. The Balaban J connectivity index is 1.32. The van der Waals surface area contributed by atoms with Gasteiger partial charge in [0.1, 0.15) is 11.6 Å². The summed E-state index contributed by atoms with van der Waals surface area (Å²) in [7, 11) is 0. The molecule has 1 aliphatic heterocycles. The van der Waals surface area contributed by atoms with E-state index in [1.807, 2.05) is 13.8 Å². The molecule has 4 rings (SSSR count). The van der Waals surface area contributed by atoms with Crippen molar-refractivity contribution < 1.29 is 0 Å². The number of anilines is 1. The fraction of sp³-hybridized carbons (Fsp3) is 0.421. The lowest BCUT2D eigenvalue weighted by atomic mass is 10.0. The molecule has 0 atom stereocenters. The number of piperidine rings is 1. The Hall–Kier alpha value is -2.47. The van der Waals surface area contributed by atoms with Crippen LogP contribution in [-0.4, -0.2) is 39.1 Å². The van der Waals surface area contributed by atoms with Crippen molar-refractivity contribution in [3.8, 4) is 0 Å². The molecule has 6 nitrogen and oxygen atoms in total. The van der Waals surface area contributed by atoms with Gasteiger partial charge in [-0.15, -0.1) is 0 Å². The van der Waals surface area contributed by atoms with Gasteiger partial charge in [0.15, 0.2) is 0 Å². The molecule has 0 spiro atoms. The van der Waals surface area contributed by atoms with Gasteiger partial charge in [-0.25, -0.2) is 15.0 Å². The molecule has 0 bridgehead atoms. The van der Waals surface area contributed by atoms with Crippen molar-refractivity contribution in [1.29, 1.82) is 0 Å². The van der Waals surface area contributed by atoms with E-state index in [4.69, 9.17) is 0 Å². The molecule has 0 saturated carbocycles. The van der Waals surface area contributed by atoms with Crippen molar-refractivity contribution in [2.45, 2.75) is 39.3 Å². The number of hydrogen-bond donors (Lipinski definition) is 2. The number of imidazole rings is 1. The summed E-state index contributed by atoms with van der Waals surface area (Å²) in [6.07, 6.45) is 4.01. The summed E-state index contributed by atoms with van der Waals surface area (Å²) in [6.45, 7) is 6.95. The maximum absolute atomic E-state index is 4.59. The molecule has 3 heterocycles. The molecule has 0 aliphatic carbocycles. The fourth-order valence-corrected chi connectivity index (χ4v) is 3.53. The highest BCUT2D eigenvalue weighted by Crippen LogP contribution is 2.19. The molecule has 0 unspecified atom stereocenters. The molecule has 2 N–H and O–H groups in total. The maximum Gasteiger partial charge on any atom is 0.132 e. The highest BCUT2D eigenvalue weighted by atomic mass is 15.2. The minimum Gasteiger partial charge on any atom is -0.356 e. The number of fused-ring (bicyclic) bond motifs is 1. The van der Waals surface area contributed by atoms with E-state index < -0.39 is 0 Å². The lowest BCUT2D eigenvalue weighted by molar-refractivity contribution is 0.412. The Morgan fingerprint density at radius 2 is 2.00 bits per heavy atom. The van der Waals surface area contributed by atoms with Crippen LogP contribution in [0.1, 0.15) is 29.9 Å². The van der Waals surface area contributed by atoms with E-state index in [-0.39, 0.29) is 0 Å². The number of nitrogens with zero attached hydrogens (tertiary/aromatic N) is 4. The summed E-state index contributed by atoms with van der Waals surface area (Å²) in [6, 6.07) is 9.04. The highest BCUT2D eigenvalue weighted by molar-refractivity contribution is 5.74. The number of aromatic nitrogens is 4. The largest absolute Gasteiger partial charge is 0.356 e. The second-order valence-electron chi connectivity index (χ2n) is 6.81. The third kappa shape index (κ3) is 3.64. The predicted molar refractivity (Wildman–Crippen MR) is 99.7 cm³/mol. The number of rotatable bonds is 4. The first-order chi connectivity index (χ1) is 12.2. The SMILES string of the molecule is Cc1cc(N2CCC(NCc3ccc4nc[nH]c4c3)CC2)nc(C)n1. The normalized spacial score (nSPS) is 15.8. The molecular weight excluding hydrogens is 312 g/mol. The van der Waals surface area contributed by atoms with Crippen molar-refractivity contribution in [3.05, 3.63) is 47.7 Å². The van der Waals surface area contributed by atoms with Crippen molar-refractivity contribution in [2.75, 3.05) is 18.0 Å². The number of aromatic amines is 1. The van der Waals surface area contributed by atoms with E-state index in [1.54, 1.807) is 6.33 Å². The first-order valence-corrected chi connectivity index (χ1v) is 8.90. The van der Waals surface area contributed by atoms with Gasteiger partial charge in [0.05, 0.1) is 17.4 Å². The molecule has 130 valence electrons. The first-order valence-electron chi connectivity index (χ1n) is 8.90. The Labute approximate surface area is 147 Å². The molecule has 1 saturated heterocycles. The zero-order valence-electron chi connectivity index (χ0n) is 14.8. The van der Waals surface area contributed by atoms with Gasteiger partial charge >= 0.3 is 0 Å². The molecule has 1 fully saturated rings. The lowest BCUT2D eigenvalue weighted by Crippen LogP contribution is -2.42. The van der Waals surface area contributed by atoms with Gasteiger partial charge in [-0.1, -0.05) is 6.07 Å². The Bertz CT molecular complexity index is 843. The van der Waals surface area contributed by atoms with E-state index >= 15 is 0 Å². The van der Waals surface area contributed by atoms with Gasteiger partial charge in [0.2, 0.25) is 0 Å². The molecule has 2 aromatic heterocycles. The van der Waals surface area contributed by atoms with Crippen molar-refractivity contribution in [1.82, 2.24) is 25.3 Å². The van der Waals surface area contributed by atoms with E-state index in [1.165, 1.54) is 5.56 Å². The van der Waals surface area contributed by atoms with Gasteiger partial charge in [0, 0.05) is 37.4 Å².